The van der Waals surface area contributed by atoms with Crippen molar-refractivity contribution in [1.29, 1.82) is 0 Å². The van der Waals surface area contributed by atoms with Crippen LogP contribution in [0.1, 0.15) is 16.8 Å². The zero-order valence-corrected chi connectivity index (χ0v) is 13.5. The number of carbonyl (C=O) groups excluding carboxylic acids is 1. The number of fused-ring (bicyclic) bond motifs is 2. The molecule has 1 amide bonds. The maximum absolute atomic E-state index is 13.0. The first-order valence-electron chi connectivity index (χ1n) is 8.37. The number of rotatable bonds is 1. The highest BCUT2D eigenvalue weighted by Crippen LogP contribution is 2.26. The van der Waals surface area contributed by atoms with Crippen LogP contribution < -0.4 is 0 Å². The Labute approximate surface area is 136 Å². The van der Waals surface area contributed by atoms with Gasteiger partial charge in [-0.05, 0) is 31.7 Å². The van der Waals surface area contributed by atoms with Gasteiger partial charge in [0.1, 0.15) is 0 Å². The van der Waals surface area contributed by atoms with Gasteiger partial charge in [0.25, 0.3) is 5.91 Å². The van der Waals surface area contributed by atoms with Gasteiger partial charge in [-0.25, -0.2) is 0 Å². The molecule has 2 saturated heterocycles. The molecule has 0 spiro atoms. The number of carbonyl (C=O) groups is 1. The summed E-state index contributed by atoms with van der Waals surface area (Å²) in [6.07, 6.45) is 2.91. The number of H-pyrrole nitrogens is 1. The van der Waals surface area contributed by atoms with Crippen molar-refractivity contribution in [3.8, 4) is 0 Å². The van der Waals surface area contributed by atoms with Gasteiger partial charge in [0, 0.05) is 54.3 Å². The Morgan fingerprint density at radius 2 is 2.22 bits per heavy atom. The Morgan fingerprint density at radius 3 is 3.13 bits per heavy atom. The van der Waals surface area contributed by atoms with Gasteiger partial charge in [0.2, 0.25) is 0 Å². The molecule has 1 aromatic carbocycles. The first-order valence-corrected chi connectivity index (χ1v) is 8.37. The first kappa shape index (κ1) is 14.7. The number of aromatic amines is 1. The molecule has 0 unspecified atom stereocenters. The number of amides is 1. The molecule has 0 saturated carbocycles. The zero-order valence-electron chi connectivity index (χ0n) is 13.5. The van der Waals surface area contributed by atoms with Gasteiger partial charge < -0.3 is 14.6 Å². The largest absolute Gasteiger partial charge is 0.380 e. The van der Waals surface area contributed by atoms with Crippen molar-refractivity contribution in [2.75, 3.05) is 39.9 Å². The summed E-state index contributed by atoms with van der Waals surface area (Å²) < 4.78 is 5.71. The molecule has 122 valence electrons. The molecule has 2 aromatic rings. The van der Waals surface area contributed by atoms with Crippen LogP contribution in [0.25, 0.3) is 10.9 Å². The topological polar surface area (TPSA) is 48.6 Å². The van der Waals surface area contributed by atoms with E-state index in [0.29, 0.717) is 12.0 Å². The fourth-order valence-corrected chi connectivity index (χ4v) is 3.91. The highest BCUT2D eigenvalue weighted by atomic mass is 16.5. The molecule has 5 heteroatoms. The number of ether oxygens (including phenoxy) is 1. The van der Waals surface area contributed by atoms with Gasteiger partial charge in [-0.3, -0.25) is 9.69 Å². The summed E-state index contributed by atoms with van der Waals surface area (Å²) in [6.45, 7) is 4.17. The molecule has 2 atom stereocenters. The van der Waals surface area contributed by atoms with Crippen molar-refractivity contribution in [3.05, 3.63) is 36.0 Å². The first-order chi connectivity index (χ1) is 11.2. The van der Waals surface area contributed by atoms with E-state index in [-0.39, 0.29) is 5.91 Å². The Kier molecular flexibility index (Phi) is 3.83. The number of hydrogen-bond donors (Lipinski definition) is 1. The molecule has 1 aromatic heterocycles. The molecular weight excluding hydrogens is 290 g/mol. The minimum absolute atomic E-state index is 0.146. The third-order valence-corrected chi connectivity index (χ3v) is 5.32. The van der Waals surface area contributed by atoms with E-state index in [0.717, 1.165) is 55.7 Å². The number of nitrogens with one attached hydrogen (secondary N) is 1. The molecule has 2 aliphatic rings. The Morgan fingerprint density at radius 1 is 1.30 bits per heavy atom. The van der Waals surface area contributed by atoms with Crippen LogP contribution >= 0.6 is 0 Å². The molecule has 3 heterocycles. The smallest absolute Gasteiger partial charge is 0.254 e. The van der Waals surface area contributed by atoms with E-state index in [9.17, 15) is 4.79 Å². The van der Waals surface area contributed by atoms with Crippen molar-refractivity contribution in [3.63, 3.8) is 0 Å². The van der Waals surface area contributed by atoms with Crippen molar-refractivity contribution < 1.29 is 9.53 Å². The van der Waals surface area contributed by atoms with E-state index in [1.807, 2.05) is 35.4 Å². The van der Waals surface area contributed by atoms with Crippen LogP contribution in [0.2, 0.25) is 0 Å². The second kappa shape index (κ2) is 5.98. The van der Waals surface area contributed by atoms with Crippen LogP contribution in [-0.4, -0.2) is 66.6 Å². The Hall–Kier alpha value is -1.85. The fraction of sp³-hybridized carbons (Fsp3) is 0.500. The molecule has 0 aliphatic carbocycles. The van der Waals surface area contributed by atoms with Crippen molar-refractivity contribution in [2.24, 2.45) is 5.92 Å². The molecule has 23 heavy (non-hydrogen) atoms. The van der Waals surface area contributed by atoms with E-state index >= 15 is 0 Å². The number of piperidine rings is 1. The van der Waals surface area contributed by atoms with Gasteiger partial charge in [-0.15, -0.1) is 0 Å². The third-order valence-electron chi connectivity index (χ3n) is 5.32. The second-order valence-electron chi connectivity index (χ2n) is 6.67. The van der Waals surface area contributed by atoms with Crippen molar-refractivity contribution in [2.45, 2.75) is 12.5 Å². The number of likely N-dealkylation sites (tertiary alicyclic amines) is 1. The molecule has 0 bridgehead atoms. The highest BCUT2D eigenvalue weighted by Gasteiger charge is 2.35. The summed E-state index contributed by atoms with van der Waals surface area (Å²) in [5, 5.41) is 1.01. The van der Waals surface area contributed by atoms with E-state index in [1.54, 1.807) is 0 Å². The molecule has 1 N–H and O–H groups in total. The average Bonchev–Trinajstić information content (AvgIpc) is 2.99. The number of aromatic nitrogens is 1. The number of hydrogen-bond acceptors (Lipinski definition) is 3. The van der Waals surface area contributed by atoms with Gasteiger partial charge >= 0.3 is 0 Å². The predicted molar refractivity (Wildman–Crippen MR) is 89.5 cm³/mol. The second-order valence-corrected chi connectivity index (χ2v) is 6.67. The summed E-state index contributed by atoms with van der Waals surface area (Å²) in [5.74, 6) is 0.682. The maximum Gasteiger partial charge on any atom is 0.254 e. The Balaban J connectivity index is 1.58. The average molecular weight is 313 g/mol. The van der Waals surface area contributed by atoms with Crippen LogP contribution in [0.3, 0.4) is 0 Å². The van der Waals surface area contributed by atoms with Gasteiger partial charge in [0.15, 0.2) is 0 Å². The zero-order chi connectivity index (χ0) is 15.8. The molecule has 2 aliphatic heterocycles. The lowest BCUT2D eigenvalue weighted by Crippen LogP contribution is -2.53. The summed E-state index contributed by atoms with van der Waals surface area (Å²) in [5.41, 5.74) is 1.82. The van der Waals surface area contributed by atoms with Crippen molar-refractivity contribution >= 4 is 16.8 Å². The minimum Gasteiger partial charge on any atom is -0.380 e. The number of likely N-dealkylation sites (N-methyl/N-ethyl adjacent to an activating group) is 1. The standard InChI is InChI=1S/C18H23N3O2/c1-20-9-10-23-12-13-6-8-21(11-17(13)20)18(22)15-3-2-4-16-14(15)5-7-19-16/h2-5,7,13,17,19H,6,8-12H2,1H3/t13-,17-/m1/s1. The number of nitrogens with zero attached hydrogens (tertiary/aromatic N) is 2. The van der Waals surface area contributed by atoms with E-state index in [1.165, 1.54) is 0 Å². The van der Waals surface area contributed by atoms with Crippen LogP contribution in [0, 0.1) is 5.92 Å². The van der Waals surface area contributed by atoms with Gasteiger partial charge in [-0.2, -0.15) is 0 Å². The summed E-state index contributed by atoms with van der Waals surface area (Å²) in [4.78, 5) is 20.6. The molecule has 4 rings (SSSR count). The van der Waals surface area contributed by atoms with Crippen molar-refractivity contribution in [1.82, 2.24) is 14.8 Å². The van der Waals surface area contributed by atoms with Gasteiger partial charge in [-0.1, -0.05) is 6.07 Å². The fourth-order valence-electron chi connectivity index (χ4n) is 3.91. The SMILES string of the molecule is CN1CCOC[C@H]2CCN(C(=O)c3cccc4[nH]ccc34)C[C@H]21. The summed E-state index contributed by atoms with van der Waals surface area (Å²) >= 11 is 0. The summed E-state index contributed by atoms with van der Waals surface area (Å²) in [7, 11) is 2.15. The van der Waals surface area contributed by atoms with Gasteiger partial charge in [0.05, 0.1) is 13.2 Å². The monoisotopic (exact) mass is 313 g/mol. The maximum atomic E-state index is 13.0. The lowest BCUT2D eigenvalue weighted by atomic mass is 9.91. The molecule has 2 fully saturated rings. The van der Waals surface area contributed by atoms with Crippen LogP contribution in [0.4, 0.5) is 0 Å². The minimum atomic E-state index is 0.146. The summed E-state index contributed by atoms with van der Waals surface area (Å²) in [6, 6.07) is 8.28. The van der Waals surface area contributed by atoms with E-state index in [2.05, 4.69) is 16.9 Å². The predicted octanol–water partition coefficient (Wildman–Crippen LogP) is 1.96. The third kappa shape index (κ3) is 2.64. The Bertz CT molecular complexity index is 711. The van der Waals surface area contributed by atoms with Crippen LogP contribution in [0.5, 0.6) is 0 Å². The van der Waals surface area contributed by atoms with E-state index in [4.69, 9.17) is 4.74 Å². The van der Waals surface area contributed by atoms with Crippen LogP contribution in [0.15, 0.2) is 30.5 Å². The molecule has 0 radical (unpaired) electrons. The quantitative estimate of drug-likeness (QED) is 0.875. The number of benzene rings is 1. The molecular formula is C18H23N3O2. The molecule has 5 nitrogen and oxygen atoms in total. The lowest BCUT2D eigenvalue weighted by molar-refractivity contribution is 0.0435. The van der Waals surface area contributed by atoms with E-state index < -0.39 is 0 Å². The van der Waals surface area contributed by atoms with Crippen LogP contribution in [-0.2, 0) is 4.74 Å². The normalized spacial score (nSPS) is 26.0. The lowest BCUT2D eigenvalue weighted by Gasteiger charge is -2.41. The highest BCUT2D eigenvalue weighted by molar-refractivity contribution is 6.06.